The van der Waals surface area contributed by atoms with Gasteiger partial charge in [-0.1, -0.05) is 91.0 Å². The predicted molar refractivity (Wildman–Crippen MR) is 211 cm³/mol. The molecule has 0 fully saturated rings. The molecule has 10 rings (SSSR count). The van der Waals surface area contributed by atoms with Gasteiger partial charge in [0.15, 0.2) is 0 Å². The van der Waals surface area contributed by atoms with Crippen molar-refractivity contribution in [1.82, 2.24) is 4.57 Å². The Morgan fingerprint density at radius 3 is 1.92 bits per heavy atom. The van der Waals surface area contributed by atoms with Crippen molar-refractivity contribution in [3.63, 3.8) is 0 Å². The third-order valence-corrected chi connectivity index (χ3v) is 9.84. The predicted octanol–water partition coefficient (Wildman–Crippen LogP) is 13.1. The molecule has 0 saturated carbocycles. The third-order valence-electron chi connectivity index (χ3n) is 9.84. The molecule has 0 amide bonds. The number of anilines is 3. The summed E-state index contributed by atoms with van der Waals surface area (Å²) in [4.78, 5) is 2.29. The first-order valence-electron chi connectivity index (χ1n) is 17.2. The summed E-state index contributed by atoms with van der Waals surface area (Å²) in [6, 6.07) is 70.7. The molecule has 0 saturated heterocycles. The van der Waals surface area contributed by atoms with Gasteiger partial charge in [0.25, 0.3) is 0 Å². The van der Waals surface area contributed by atoms with Gasteiger partial charge in [0.1, 0.15) is 5.58 Å². The summed E-state index contributed by atoms with van der Waals surface area (Å²) in [5, 5.41) is 5.94. The molecule has 0 spiro atoms. The summed E-state index contributed by atoms with van der Waals surface area (Å²) in [6.45, 7) is 0. The van der Waals surface area contributed by atoms with Crippen LogP contribution in [0.25, 0.3) is 71.7 Å². The zero-order chi connectivity index (χ0) is 33.7. The fraction of sp³-hybridized carbons (Fsp3) is 0. The van der Waals surface area contributed by atoms with Crippen LogP contribution in [-0.2, 0) is 0 Å². The Labute approximate surface area is 325 Å². The van der Waals surface area contributed by atoms with Crippen LogP contribution < -0.4 is 4.90 Å². The van der Waals surface area contributed by atoms with Gasteiger partial charge in [0.05, 0.1) is 10.9 Å². The summed E-state index contributed by atoms with van der Waals surface area (Å²) in [6.07, 6.45) is 0. The second kappa shape index (κ2) is 13.4. The molecule has 0 N–H and O–H groups in total. The van der Waals surface area contributed by atoms with Gasteiger partial charge in [0, 0.05) is 27.8 Å². The monoisotopic (exact) mass is 888 g/mol. The number of aromatic nitrogens is 1. The van der Waals surface area contributed by atoms with Crippen LogP contribution in [0.3, 0.4) is 0 Å². The molecule has 0 bridgehead atoms. The fourth-order valence-corrected chi connectivity index (χ4v) is 7.45. The first-order valence-corrected chi connectivity index (χ1v) is 17.2. The molecule has 52 heavy (non-hydrogen) atoms. The van der Waals surface area contributed by atoms with E-state index in [1.165, 1.54) is 27.3 Å². The van der Waals surface area contributed by atoms with Crippen molar-refractivity contribution in [2.75, 3.05) is 4.90 Å². The Kier molecular flexibility index (Phi) is 8.28. The Hall–Kier alpha value is -5.79. The minimum atomic E-state index is 0. The van der Waals surface area contributed by atoms with Crippen LogP contribution in [0.1, 0.15) is 0 Å². The minimum Gasteiger partial charge on any atom is -0.439 e. The largest absolute Gasteiger partial charge is 2.00 e. The average molecular weight is 889 g/mol. The van der Waals surface area contributed by atoms with Crippen molar-refractivity contribution < 1.29 is 35.5 Å². The number of rotatable bonds is 6. The van der Waals surface area contributed by atoms with Gasteiger partial charge in [-0.15, -0.1) is 18.2 Å². The van der Waals surface area contributed by atoms with E-state index >= 15 is 0 Å². The number of fused-ring (bicyclic) bond motifs is 6. The van der Waals surface area contributed by atoms with Crippen molar-refractivity contribution in [2.45, 2.75) is 0 Å². The van der Waals surface area contributed by atoms with Crippen molar-refractivity contribution in [2.24, 2.45) is 0 Å². The van der Waals surface area contributed by atoms with Gasteiger partial charge in [-0.2, -0.15) is 36.4 Å². The smallest absolute Gasteiger partial charge is 0.439 e. The first kappa shape index (κ1) is 32.1. The molecule has 242 valence electrons. The number of hydrogen-bond acceptors (Lipinski definition) is 2. The summed E-state index contributed by atoms with van der Waals surface area (Å²) in [7, 11) is 0. The van der Waals surface area contributed by atoms with Gasteiger partial charge in [0.2, 0.25) is 5.71 Å². The molecular formula is C48H30N2OU. The molecule has 8 aromatic carbocycles. The Morgan fingerprint density at radius 2 is 1.15 bits per heavy atom. The van der Waals surface area contributed by atoms with E-state index < -0.39 is 0 Å². The molecule has 0 atom stereocenters. The van der Waals surface area contributed by atoms with E-state index in [0.717, 1.165) is 61.5 Å². The molecule has 0 radical (unpaired) electrons. The van der Waals surface area contributed by atoms with Crippen LogP contribution in [0.2, 0.25) is 0 Å². The zero-order valence-corrected chi connectivity index (χ0v) is 32.3. The van der Waals surface area contributed by atoms with Gasteiger partial charge >= 0.3 is 31.1 Å². The molecular weight excluding hydrogens is 859 g/mol. The molecule has 0 aliphatic carbocycles. The van der Waals surface area contributed by atoms with E-state index in [1.807, 2.05) is 30.3 Å². The number of nitrogens with zero attached hydrogens (tertiary/aromatic N) is 2. The molecule has 0 aliphatic heterocycles. The molecule has 4 heteroatoms. The van der Waals surface area contributed by atoms with E-state index in [0.29, 0.717) is 0 Å². The number of para-hydroxylation sites is 2. The average Bonchev–Trinajstić information content (AvgIpc) is 3.74. The Bertz CT molecular complexity index is 2830. The van der Waals surface area contributed by atoms with Crippen molar-refractivity contribution in [3.05, 3.63) is 194 Å². The topological polar surface area (TPSA) is 21.3 Å². The molecule has 0 aliphatic rings. The maximum Gasteiger partial charge on any atom is 2.00 e. The van der Waals surface area contributed by atoms with Gasteiger partial charge in [-0.3, -0.25) is 4.57 Å². The molecule has 0 unspecified atom stereocenters. The van der Waals surface area contributed by atoms with Gasteiger partial charge in [-0.25, -0.2) is 11.1 Å². The van der Waals surface area contributed by atoms with Crippen molar-refractivity contribution in [3.8, 4) is 27.9 Å². The van der Waals surface area contributed by atoms with E-state index in [9.17, 15) is 0 Å². The third kappa shape index (κ3) is 5.44. The van der Waals surface area contributed by atoms with Crippen LogP contribution in [0.15, 0.2) is 186 Å². The maximum absolute atomic E-state index is 6.51. The standard InChI is InChI=1S/C48H30N2O.U/c1-2-11-33(12-3-1)34-21-25-37(26-22-34)49(38-27-23-36(24-28-38)42-18-10-14-35-13-4-5-15-41(35)42)39-29-31-40(32-30-39)50-45-19-8-6-16-43(45)47-44-17-7-9-20-46(44)51-48(47)50;/h1-11,13-21,23-32H;/q-2;+2. The summed E-state index contributed by atoms with van der Waals surface area (Å²) in [5.41, 5.74) is 11.5. The molecule has 2 aromatic heterocycles. The van der Waals surface area contributed by atoms with E-state index in [-0.39, 0.29) is 31.1 Å². The number of benzene rings is 8. The SMILES string of the molecule is [U+2].[c-]1ccccc1-c1[c-]cc(N(c2ccc(-c3cccc4ccccc34)cc2)c2ccc(-n3c4ccccc4c4c5ccccc5oc43)cc2)cc1. The summed E-state index contributed by atoms with van der Waals surface area (Å²) in [5.74, 6) is 0. The van der Waals surface area contributed by atoms with Gasteiger partial charge < -0.3 is 9.32 Å². The molecule has 3 nitrogen and oxygen atoms in total. The van der Waals surface area contributed by atoms with Gasteiger partial charge in [-0.05, 0) is 76.1 Å². The fourth-order valence-electron chi connectivity index (χ4n) is 7.45. The normalized spacial score (nSPS) is 11.3. The van der Waals surface area contributed by atoms with E-state index in [4.69, 9.17) is 4.42 Å². The number of hydrogen-bond donors (Lipinski definition) is 0. The molecule has 2 heterocycles. The van der Waals surface area contributed by atoms with Crippen molar-refractivity contribution in [1.29, 1.82) is 0 Å². The second-order valence-corrected chi connectivity index (χ2v) is 12.8. The van der Waals surface area contributed by atoms with E-state index in [1.54, 1.807) is 0 Å². The van der Waals surface area contributed by atoms with Crippen LogP contribution in [0.4, 0.5) is 17.1 Å². The molecule has 10 aromatic rings. The van der Waals surface area contributed by atoms with Crippen molar-refractivity contribution >= 4 is 60.8 Å². The van der Waals surface area contributed by atoms with E-state index in [2.05, 4.69) is 173 Å². The Morgan fingerprint density at radius 1 is 0.500 bits per heavy atom. The quantitative estimate of drug-likeness (QED) is 0.155. The summed E-state index contributed by atoms with van der Waals surface area (Å²) < 4.78 is 8.74. The maximum atomic E-state index is 6.51. The number of furan rings is 1. The van der Waals surface area contributed by atoms with Crippen LogP contribution >= 0.6 is 0 Å². The van der Waals surface area contributed by atoms with Crippen LogP contribution in [-0.4, -0.2) is 4.57 Å². The first-order chi connectivity index (χ1) is 25.3. The summed E-state index contributed by atoms with van der Waals surface area (Å²) >= 11 is 0. The van der Waals surface area contributed by atoms with Crippen LogP contribution in [0.5, 0.6) is 0 Å². The second-order valence-electron chi connectivity index (χ2n) is 12.8. The Balaban J connectivity index is 0.00000360. The van der Waals surface area contributed by atoms with Crippen LogP contribution in [0, 0.1) is 43.2 Å². The zero-order valence-electron chi connectivity index (χ0n) is 28.1. The minimum absolute atomic E-state index is 0.